The lowest BCUT2D eigenvalue weighted by Crippen LogP contribution is -2.22. The van der Waals surface area contributed by atoms with Crippen molar-refractivity contribution in [3.63, 3.8) is 0 Å². The maximum Gasteiger partial charge on any atom is 0.339 e. The van der Waals surface area contributed by atoms with Gasteiger partial charge in [-0.05, 0) is 29.9 Å². The average molecular weight is 359 g/mol. The van der Waals surface area contributed by atoms with Crippen LogP contribution in [0.3, 0.4) is 0 Å². The van der Waals surface area contributed by atoms with Crippen LogP contribution in [-0.4, -0.2) is 17.0 Å². The van der Waals surface area contributed by atoms with Gasteiger partial charge in [0, 0.05) is 16.9 Å². The minimum Gasteiger partial charge on any atom is -0.478 e. The fourth-order valence-electron chi connectivity index (χ4n) is 2.80. The monoisotopic (exact) mass is 359 g/mol. The summed E-state index contributed by atoms with van der Waals surface area (Å²) in [5.74, 6) is -0.817. The summed E-state index contributed by atoms with van der Waals surface area (Å²) in [5.41, 5.74) is 2.87. The van der Waals surface area contributed by atoms with Gasteiger partial charge in [0.1, 0.15) is 10.6 Å². The maximum atomic E-state index is 12.3. The number of hydrogen-bond donors (Lipinski definition) is 2. The van der Waals surface area contributed by atoms with Crippen LogP contribution in [-0.2, 0) is 4.79 Å². The molecule has 2 N–H and O–H groups in total. The van der Waals surface area contributed by atoms with Gasteiger partial charge in [-0.3, -0.25) is 4.79 Å². The molecule has 0 aliphatic heterocycles. The largest absolute Gasteiger partial charge is 0.478 e. The Morgan fingerprint density at radius 1 is 1.12 bits per heavy atom. The molecule has 0 spiro atoms. The van der Waals surface area contributed by atoms with E-state index < -0.39 is 5.97 Å². The molecule has 0 atom stereocenters. The van der Waals surface area contributed by atoms with E-state index in [0.717, 1.165) is 18.4 Å². The third-order valence-corrected chi connectivity index (χ3v) is 5.38. The number of aromatic carboxylic acids is 1. The van der Waals surface area contributed by atoms with E-state index in [9.17, 15) is 14.7 Å². The first-order valence-corrected chi connectivity index (χ1v) is 9.52. The second-order valence-electron chi connectivity index (χ2n) is 6.44. The van der Waals surface area contributed by atoms with Gasteiger partial charge in [0.2, 0.25) is 5.91 Å². The first-order valence-electron chi connectivity index (χ1n) is 8.64. The molecule has 0 aliphatic rings. The summed E-state index contributed by atoms with van der Waals surface area (Å²) in [7, 11) is 0. The van der Waals surface area contributed by atoms with Gasteiger partial charge in [0.15, 0.2) is 0 Å². The maximum absolute atomic E-state index is 12.3. The summed E-state index contributed by atoms with van der Waals surface area (Å²) >= 11 is 1.26. The fraction of sp³-hybridized carbons (Fsp3) is 0.400. The molecule has 5 heteroatoms. The number of rotatable bonds is 7. The summed E-state index contributed by atoms with van der Waals surface area (Å²) in [6, 6.07) is 7.92. The van der Waals surface area contributed by atoms with Crippen molar-refractivity contribution in [3.05, 3.63) is 40.8 Å². The molecular formula is C20H25NO3S. The predicted molar refractivity (Wildman–Crippen MR) is 104 cm³/mol. The number of benzene rings is 1. The highest BCUT2D eigenvalue weighted by Crippen LogP contribution is 2.36. The summed E-state index contributed by atoms with van der Waals surface area (Å²) in [5, 5.41) is 14.7. The van der Waals surface area contributed by atoms with Crippen LogP contribution >= 0.6 is 11.3 Å². The fourth-order valence-corrected chi connectivity index (χ4v) is 3.76. The van der Waals surface area contributed by atoms with Crippen molar-refractivity contribution in [3.8, 4) is 11.1 Å². The molecule has 2 aromatic rings. The summed E-state index contributed by atoms with van der Waals surface area (Å²) < 4.78 is 0. The second kappa shape index (κ2) is 8.30. The second-order valence-corrected chi connectivity index (χ2v) is 7.32. The van der Waals surface area contributed by atoms with Crippen LogP contribution in [0.1, 0.15) is 62.4 Å². The molecule has 134 valence electrons. The molecule has 0 bridgehead atoms. The van der Waals surface area contributed by atoms with Crippen LogP contribution in [0.15, 0.2) is 29.6 Å². The lowest BCUT2D eigenvalue weighted by molar-refractivity contribution is -0.120. The first kappa shape index (κ1) is 19.2. The molecule has 1 aromatic carbocycles. The van der Waals surface area contributed by atoms with E-state index in [4.69, 9.17) is 0 Å². The third-order valence-electron chi connectivity index (χ3n) is 4.49. The molecule has 1 amide bonds. The number of nitrogens with one attached hydrogen (secondary N) is 1. The normalized spacial score (nSPS) is 11.1. The number of thiophene rings is 1. The van der Waals surface area contributed by atoms with E-state index in [1.807, 2.05) is 38.1 Å². The lowest BCUT2D eigenvalue weighted by atomic mass is 9.98. The molecule has 0 radical (unpaired) electrons. The smallest absolute Gasteiger partial charge is 0.339 e. The average Bonchev–Trinajstić information content (AvgIpc) is 2.99. The van der Waals surface area contributed by atoms with Crippen LogP contribution in [0.2, 0.25) is 0 Å². The zero-order valence-electron chi connectivity index (χ0n) is 15.1. The minimum absolute atomic E-state index is 0.0995. The quantitative estimate of drug-likeness (QED) is 0.675. The predicted octanol–water partition coefficient (Wildman–Crippen LogP) is 5.61. The molecule has 1 heterocycles. The van der Waals surface area contributed by atoms with E-state index in [0.29, 0.717) is 16.5 Å². The Morgan fingerprint density at radius 3 is 2.20 bits per heavy atom. The SMILES string of the molecule is CCC(CC)C(=O)Nc1scc(-c2ccc(C(C)C)cc2)c1C(=O)O. The molecule has 0 unspecified atom stereocenters. The Morgan fingerprint density at radius 2 is 1.72 bits per heavy atom. The summed E-state index contributed by atoms with van der Waals surface area (Å²) in [4.78, 5) is 24.1. The Balaban J connectivity index is 2.36. The van der Waals surface area contributed by atoms with Crippen molar-refractivity contribution in [2.75, 3.05) is 5.32 Å². The van der Waals surface area contributed by atoms with Gasteiger partial charge in [-0.1, -0.05) is 52.0 Å². The highest BCUT2D eigenvalue weighted by atomic mass is 32.1. The molecule has 4 nitrogen and oxygen atoms in total. The molecule has 0 saturated heterocycles. The van der Waals surface area contributed by atoms with Crippen LogP contribution in [0.4, 0.5) is 5.00 Å². The summed E-state index contributed by atoms with van der Waals surface area (Å²) in [6.07, 6.45) is 1.47. The lowest BCUT2D eigenvalue weighted by Gasteiger charge is -2.12. The Hall–Kier alpha value is -2.14. The molecule has 0 aliphatic carbocycles. The Bertz CT molecular complexity index is 743. The number of hydrogen-bond acceptors (Lipinski definition) is 3. The van der Waals surface area contributed by atoms with Crippen LogP contribution in [0, 0.1) is 5.92 Å². The van der Waals surface area contributed by atoms with Gasteiger partial charge in [-0.2, -0.15) is 0 Å². The number of carbonyl (C=O) groups is 2. The van der Waals surface area contributed by atoms with Gasteiger partial charge in [0.25, 0.3) is 0 Å². The van der Waals surface area contributed by atoms with Crippen molar-refractivity contribution in [2.24, 2.45) is 5.92 Å². The van der Waals surface area contributed by atoms with Gasteiger partial charge in [0.05, 0.1) is 0 Å². The van der Waals surface area contributed by atoms with Gasteiger partial charge < -0.3 is 10.4 Å². The number of amides is 1. The van der Waals surface area contributed by atoms with E-state index in [1.165, 1.54) is 16.9 Å². The molecule has 0 fully saturated rings. The zero-order chi connectivity index (χ0) is 18.6. The number of carboxylic acids is 1. The molecule has 1 aromatic heterocycles. The standard InChI is InChI=1S/C20H25NO3S/c1-5-13(6-2)18(22)21-19-17(20(23)24)16(11-25-19)15-9-7-14(8-10-15)12(3)4/h7-13H,5-6H2,1-4H3,(H,21,22)(H,23,24). The number of carbonyl (C=O) groups excluding carboxylic acids is 1. The zero-order valence-corrected chi connectivity index (χ0v) is 15.9. The van der Waals surface area contributed by atoms with Crippen LogP contribution in [0.25, 0.3) is 11.1 Å². The highest BCUT2D eigenvalue weighted by molar-refractivity contribution is 7.15. The van der Waals surface area contributed by atoms with E-state index >= 15 is 0 Å². The highest BCUT2D eigenvalue weighted by Gasteiger charge is 2.23. The van der Waals surface area contributed by atoms with Crippen molar-refractivity contribution >= 4 is 28.2 Å². The van der Waals surface area contributed by atoms with Crippen molar-refractivity contribution in [2.45, 2.75) is 46.5 Å². The Kier molecular flexibility index (Phi) is 6.37. The summed E-state index contributed by atoms with van der Waals surface area (Å²) in [6.45, 7) is 8.16. The molecule has 0 saturated carbocycles. The van der Waals surface area contributed by atoms with Crippen LogP contribution in [0.5, 0.6) is 0 Å². The molecular weight excluding hydrogens is 334 g/mol. The topological polar surface area (TPSA) is 66.4 Å². The van der Waals surface area contributed by atoms with Gasteiger partial charge in [-0.15, -0.1) is 11.3 Å². The van der Waals surface area contributed by atoms with E-state index in [1.54, 1.807) is 5.38 Å². The molecule has 2 rings (SSSR count). The van der Waals surface area contributed by atoms with E-state index in [-0.39, 0.29) is 17.4 Å². The van der Waals surface area contributed by atoms with Gasteiger partial charge >= 0.3 is 5.97 Å². The van der Waals surface area contributed by atoms with E-state index in [2.05, 4.69) is 19.2 Å². The van der Waals surface area contributed by atoms with Crippen molar-refractivity contribution in [1.29, 1.82) is 0 Å². The number of anilines is 1. The minimum atomic E-state index is -1.02. The van der Waals surface area contributed by atoms with Gasteiger partial charge in [-0.25, -0.2) is 4.79 Å². The first-order chi connectivity index (χ1) is 11.9. The Labute approximate surface area is 152 Å². The van der Waals surface area contributed by atoms with Crippen molar-refractivity contribution < 1.29 is 14.7 Å². The van der Waals surface area contributed by atoms with Crippen LogP contribution < -0.4 is 5.32 Å². The molecule has 25 heavy (non-hydrogen) atoms. The number of carboxylic acid groups (broad SMARTS) is 1. The van der Waals surface area contributed by atoms with Crippen molar-refractivity contribution in [1.82, 2.24) is 0 Å². The third kappa shape index (κ3) is 4.28.